The number of halogens is 1. The summed E-state index contributed by atoms with van der Waals surface area (Å²) in [4.78, 5) is 20.7. The zero-order valence-corrected chi connectivity index (χ0v) is 22.3. The number of aromatic nitrogens is 2. The van der Waals surface area contributed by atoms with Gasteiger partial charge in [-0.3, -0.25) is 9.10 Å². The molecule has 14 heteroatoms. The van der Waals surface area contributed by atoms with E-state index in [1.807, 2.05) is 0 Å². The highest BCUT2D eigenvalue weighted by molar-refractivity contribution is 7.93. The van der Waals surface area contributed by atoms with Gasteiger partial charge in [0.2, 0.25) is 5.95 Å². The maximum Gasteiger partial charge on any atom is 0.267 e. The van der Waals surface area contributed by atoms with Crippen LogP contribution in [0.3, 0.4) is 0 Å². The summed E-state index contributed by atoms with van der Waals surface area (Å²) < 4.78 is 61.4. The lowest BCUT2D eigenvalue weighted by Crippen LogP contribution is -2.48. The van der Waals surface area contributed by atoms with Crippen molar-refractivity contribution in [3.63, 3.8) is 0 Å². The van der Waals surface area contributed by atoms with E-state index in [0.29, 0.717) is 10.7 Å². The molecule has 1 aromatic heterocycles. The Labute approximate surface area is 229 Å². The predicted molar refractivity (Wildman–Crippen MR) is 145 cm³/mol. The van der Waals surface area contributed by atoms with E-state index in [-0.39, 0.29) is 33.7 Å². The minimum Gasteiger partial charge on any atom is -0.476 e. The molecule has 0 radical (unpaired) electrons. The largest absolute Gasteiger partial charge is 0.476 e. The summed E-state index contributed by atoms with van der Waals surface area (Å²) in [6.07, 6.45) is 1.61. The quantitative estimate of drug-likeness (QED) is 0.335. The number of nitrogens with one attached hydrogen (secondary N) is 2. The molecule has 0 spiro atoms. The molecule has 0 saturated carbocycles. The number of amides is 1. The van der Waals surface area contributed by atoms with E-state index in [1.54, 1.807) is 30.3 Å². The Morgan fingerprint density at radius 1 is 0.872 bits per heavy atom. The molecule has 11 nitrogen and oxygen atoms in total. The van der Waals surface area contributed by atoms with Crippen molar-refractivity contribution in [2.75, 3.05) is 20.9 Å². The van der Waals surface area contributed by atoms with Crippen LogP contribution in [0, 0.1) is 0 Å². The van der Waals surface area contributed by atoms with Crippen molar-refractivity contribution in [2.24, 2.45) is 0 Å². The van der Waals surface area contributed by atoms with Crippen LogP contribution in [0.1, 0.15) is 0 Å². The van der Waals surface area contributed by atoms with E-state index in [9.17, 15) is 21.6 Å². The molecule has 1 aliphatic rings. The van der Waals surface area contributed by atoms with Gasteiger partial charge >= 0.3 is 0 Å². The van der Waals surface area contributed by atoms with Gasteiger partial charge in [-0.1, -0.05) is 23.7 Å². The fraction of sp³-hybridized carbons (Fsp3) is 0.0800. The average Bonchev–Trinajstić information content (AvgIpc) is 2.93. The van der Waals surface area contributed by atoms with Crippen molar-refractivity contribution in [1.29, 1.82) is 0 Å². The van der Waals surface area contributed by atoms with Crippen molar-refractivity contribution in [2.45, 2.75) is 15.9 Å². The molecule has 2 heterocycles. The number of hydrogen-bond donors (Lipinski definition) is 2. The molecular weight excluding hydrogens is 566 g/mol. The van der Waals surface area contributed by atoms with Crippen molar-refractivity contribution >= 4 is 54.9 Å². The van der Waals surface area contributed by atoms with Crippen LogP contribution in [0.4, 0.5) is 17.3 Å². The van der Waals surface area contributed by atoms with E-state index >= 15 is 0 Å². The number of rotatable bonds is 7. The Morgan fingerprint density at radius 3 is 2.21 bits per heavy atom. The van der Waals surface area contributed by atoms with Gasteiger partial charge in [0.25, 0.3) is 26.0 Å². The van der Waals surface area contributed by atoms with Gasteiger partial charge in [-0.05, 0) is 66.7 Å². The standard InChI is InChI=1S/C25H20ClN5O6S2/c26-17-6-10-20(11-7-17)39(35,36)31-16-23(37-22-5-2-1-4-21(22)31)24(32)29-18-8-12-19(13-9-18)38(33,34)30-25-27-14-3-15-28-25/h1-15,23H,16H2,(H,29,32)(H,27,28,30)/t23-/m1/s1. The lowest BCUT2D eigenvalue weighted by atomic mass is 10.2. The Bertz CT molecular complexity index is 1720. The lowest BCUT2D eigenvalue weighted by Gasteiger charge is -2.34. The summed E-state index contributed by atoms with van der Waals surface area (Å²) in [6.45, 7) is -0.290. The van der Waals surface area contributed by atoms with Gasteiger partial charge in [0.05, 0.1) is 22.0 Å². The number of benzene rings is 3. The zero-order valence-electron chi connectivity index (χ0n) is 19.9. The molecule has 0 aliphatic carbocycles. The van der Waals surface area contributed by atoms with Gasteiger partial charge in [0.1, 0.15) is 5.75 Å². The first kappa shape index (κ1) is 26.4. The number of carbonyl (C=O) groups is 1. The number of hydrogen-bond acceptors (Lipinski definition) is 8. The van der Waals surface area contributed by atoms with Crippen LogP contribution in [-0.2, 0) is 24.8 Å². The maximum atomic E-state index is 13.5. The highest BCUT2D eigenvalue weighted by Crippen LogP contribution is 2.37. The fourth-order valence-electron chi connectivity index (χ4n) is 3.77. The number of fused-ring (bicyclic) bond motifs is 1. The van der Waals surface area contributed by atoms with Crippen LogP contribution in [0.2, 0.25) is 5.02 Å². The van der Waals surface area contributed by atoms with Gasteiger partial charge in [0.15, 0.2) is 6.10 Å². The molecule has 1 amide bonds. The number of para-hydroxylation sites is 2. The van der Waals surface area contributed by atoms with E-state index < -0.39 is 32.1 Å². The molecule has 5 rings (SSSR count). The molecule has 1 aliphatic heterocycles. The summed E-state index contributed by atoms with van der Waals surface area (Å²) in [5.41, 5.74) is 0.574. The van der Waals surface area contributed by atoms with Crippen molar-refractivity contribution in [3.05, 3.63) is 96.3 Å². The first-order valence-electron chi connectivity index (χ1n) is 11.4. The average molecular weight is 586 g/mol. The van der Waals surface area contributed by atoms with Gasteiger partial charge < -0.3 is 10.1 Å². The maximum absolute atomic E-state index is 13.5. The van der Waals surface area contributed by atoms with Crippen LogP contribution in [0.5, 0.6) is 5.75 Å². The molecule has 4 aromatic rings. The summed E-state index contributed by atoms with van der Waals surface area (Å²) in [5.74, 6) is -0.480. The minimum atomic E-state index is -4.05. The Balaban J connectivity index is 1.34. The van der Waals surface area contributed by atoms with Crippen molar-refractivity contribution in [3.8, 4) is 5.75 Å². The molecule has 0 unspecified atom stereocenters. The molecule has 0 saturated heterocycles. The zero-order chi connectivity index (χ0) is 27.6. The van der Waals surface area contributed by atoms with Crippen LogP contribution in [0.25, 0.3) is 0 Å². The second-order valence-corrected chi connectivity index (χ2v) is 12.2. The van der Waals surface area contributed by atoms with Crippen molar-refractivity contribution in [1.82, 2.24) is 9.97 Å². The first-order valence-corrected chi connectivity index (χ1v) is 14.7. The number of sulfonamides is 2. The SMILES string of the molecule is O=C(Nc1ccc(S(=O)(=O)Nc2ncccn2)cc1)[C@H]1CN(S(=O)(=O)c2ccc(Cl)cc2)c2ccccc2O1. The molecule has 2 N–H and O–H groups in total. The summed E-state index contributed by atoms with van der Waals surface area (Å²) in [5, 5.41) is 3.03. The highest BCUT2D eigenvalue weighted by Gasteiger charge is 2.37. The Kier molecular flexibility index (Phi) is 7.12. The molecule has 1 atom stereocenters. The van der Waals surface area contributed by atoms with Gasteiger partial charge in [0, 0.05) is 23.1 Å². The number of ether oxygens (including phenoxy) is 1. The third kappa shape index (κ3) is 5.65. The van der Waals surface area contributed by atoms with Crippen LogP contribution < -0.4 is 19.1 Å². The van der Waals surface area contributed by atoms with E-state index in [0.717, 1.165) is 4.31 Å². The smallest absolute Gasteiger partial charge is 0.267 e. The predicted octanol–water partition coefficient (Wildman–Crippen LogP) is 3.53. The first-order chi connectivity index (χ1) is 18.6. The molecule has 0 fully saturated rings. The fourth-order valence-corrected chi connectivity index (χ4v) is 6.33. The van der Waals surface area contributed by atoms with Gasteiger partial charge in [-0.2, -0.15) is 0 Å². The Morgan fingerprint density at radius 2 is 1.51 bits per heavy atom. The second kappa shape index (κ2) is 10.5. The van der Waals surface area contributed by atoms with Crippen LogP contribution in [-0.4, -0.2) is 45.4 Å². The molecule has 3 aromatic carbocycles. The minimum absolute atomic E-state index is 0.00840. The molecule has 39 heavy (non-hydrogen) atoms. The van der Waals surface area contributed by atoms with Crippen molar-refractivity contribution < 1.29 is 26.4 Å². The Hall–Kier alpha value is -4.20. The summed E-state index contributed by atoms with van der Waals surface area (Å²) in [6, 6.07) is 19.2. The van der Waals surface area contributed by atoms with Gasteiger partial charge in [-0.25, -0.2) is 31.5 Å². The summed E-state index contributed by atoms with van der Waals surface area (Å²) in [7, 11) is -8.01. The van der Waals surface area contributed by atoms with Crippen LogP contribution >= 0.6 is 11.6 Å². The van der Waals surface area contributed by atoms with Gasteiger partial charge in [-0.15, -0.1) is 0 Å². The molecular formula is C25H20ClN5O6S2. The number of nitrogens with zero attached hydrogens (tertiary/aromatic N) is 3. The number of carbonyl (C=O) groups excluding carboxylic acids is 1. The molecule has 0 bridgehead atoms. The number of anilines is 3. The monoisotopic (exact) mass is 585 g/mol. The lowest BCUT2D eigenvalue weighted by molar-refractivity contribution is -0.122. The third-order valence-corrected chi connectivity index (χ3v) is 9.04. The van der Waals surface area contributed by atoms with E-state index in [4.69, 9.17) is 16.3 Å². The summed E-state index contributed by atoms with van der Waals surface area (Å²) >= 11 is 5.92. The van der Waals surface area contributed by atoms with E-state index in [1.165, 1.54) is 60.9 Å². The topological polar surface area (TPSA) is 148 Å². The third-order valence-electron chi connectivity index (χ3n) is 5.65. The molecule has 200 valence electrons. The van der Waals surface area contributed by atoms with Crippen LogP contribution in [0.15, 0.2) is 101 Å². The second-order valence-electron chi connectivity index (χ2n) is 8.26. The normalized spacial score (nSPS) is 15.1. The highest BCUT2D eigenvalue weighted by atomic mass is 35.5. The van der Waals surface area contributed by atoms with E-state index in [2.05, 4.69) is 20.0 Å².